The van der Waals surface area contributed by atoms with Gasteiger partial charge in [0.05, 0.1) is 12.9 Å². The van der Waals surface area contributed by atoms with Crippen LogP contribution in [0.1, 0.15) is 52.9 Å². The molecule has 2 aromatic rings. The molecular formula is C22H32N4O2S. The first-order valence-corrected chi connectivity index (χ1v) is 11.5. The summed E-state index contributed by atoms with van der Waals surface area (Å²) in [5, 5.41) is 9.55. The highest BCUT2D eigenvalue weighted by Crippen LogP contribution is 2.28. The molecule has 0 aliphatic heterocycles. The quantitative estimate of drug-likeness (QED) is 0.587. The van der Waals surface area contributed by atoms with Gasteiger partial charge in [0.2, 0.25) is 5.91 Å². The zero-order valence-corrected chi connectivity index (χ0v) is 18.7. The molecule has 1 aromatic heterocycles. The predicted molar refractivity (Wildman–Crippen MR) is 117 cm³/mol. The Kier molecular flexibility index (Phi) is 7.58. The van der Waals surface area contributed by atoms with E-state index >= 15 is 0 Å². The third-order valence-corrected chi connectivity index (χ3v) is 6.47. The van der Waals surface area contributed by atoms with E-state index in [1.807, 2.05) is 24.3 Å². The van der Waals surface area contributed by atoms with Crippen LogP contribution in [0.2, 0.25) is 0 Å². The van der Waals surface area contributed by atoms with Gasteiger partial charge in [0, 0.05) is 24.2 Å². The zero-order chi connectivity index (χ0) is 20.8. The van der Waals surface area contributed by atoms with E-state index in [-0.39, 0.29) is 11.9 Å². The van der Waals surface area contributed by atoms with Crippen molar-refractivity contribution in [3.63, 3.8) is 0 Å². The largest absolute Gasteiger partial charge is 0.497 e. The minimum absolute atomic E-state index is 0.202. The van der Waals surface area contributed by atoms with Crippen molar-refractivity contribution in [3.05, 3.63) is 24.3 Å². The fourth-order valence-corrected chi connectivity index (χ4v) is 4.98. The van der Waals surface area contributed by atoms with Crippen molar-refractivity contribution < 1.29 is 9.53 Å². The molecule has 0 radical (unpaired) electrons. The first kappa shape index (κ1) is 21.7. The Balaban J connectivity index is 1.71. The number of carbonyl (C=O) groups excluding carboxylic acids is 1. The summed E-state index contributed by atoms with van der Waals surface area (Å²) in [5.74, 6) is 2.23. The monoisotopic (exact) mass is 416 g/mol. The number of nitrogens with zero attached hydrogens (tertiary/aromatic N) is 4. The summed E-state index contributed by atoms with van der Waals surface area (Å²) in [6, 6.07) is 8.42. The number of amides is 1. The summed E-state index contributed by atoms with van der Waals surface area (Å²) in [5.41, 5.74) is 0.990. The van der Waals surface area contributed by atoms with Crippen LogP contribution in [0.4, 0.5) is 0 Å². The highest BCUT2D eigenvalue weighted by molar-refractivity contribution is 7.99. The third kappa shape index (κ3) is 5.13. The Labute approximate surface area is 178 Å². The molecule has 7 heteroatoms. The fraction of sp³-hybridized carbons (Fsp3) is 0.591. The van der Waals surface area contributed by atoms with Crippen molar-refractivity contribution in [1.29, 1.82) is 0 Å². The summed E-state index contributed by atoms with van der Waals surface area (Å²) in [7, 11) is 1.66. The number of hydrogen-bond donors (Lipinski definition) is 0. The van der Waals surface area contributed by atoms with E-state index < -0.39 is 0 Å². The number of benzene rings is 1. The number of thioether (sulfide) groups is 1. The molecule has 29 heavy (non-hydrogen) atoms. The maximum Gasteiger partial charge on any atom is 0.233 e. The van der Waals surface area contributed by atoms with Crippen LogP contribution in [0.25, 0.3) is 11.4 Å². The van der Waals surface area contributed by atoms with E-state index in [1.165, 1.54) is 31.0 Å². The molecule has 1 heterocycles. The molecule has 0 unspecified atom stereocenters. The van der Waals surface area contributed by atoms with Gasteiger partial charge in [-0.25, -0.2) is 0 Å². The van der Waals surface area contributed by atoms with Gasteiger partial charge in [-0.1, -0.05) is 31.0 Å². The average molecular weight is 417 g/mol. The van der Waals surface area contributed by atoms with Crippen LogP contribution in [0.15, 0.2) is 29.4 Å². The molecular weight excluding hydrogens is 384 g/mol. The molecule has 0 N–H and O–H groups in total. The lowest BCUT2D eigenvalue weighted by Gasteiger charge is -2.37. The van der Waals surface area contributed by atoms with Gasteiger partial charge in [-0.3, -0.25) is 4.79 Å². The van der Waals surface area contributed by atoms with Crippen LogP contribution in [-0.4, -0.2) is 50.5 Å². The first-order chi connectivity index (χ1) is 14.0. The molecule has 0 spiro atoms. The van der Waals surface area contributed by atoms with Crippen molar-refractivity contribution >= 4 is 17.7 Å². The zero-order valence-electron chi connectivity index (χ0n) is 17.9. The molecule has 3 rings (SSSR count). The summed E-state index contributed by atoms with van der Waals surface area (Å²) >= 11 is 1.49. The van der Waals surface area contributed by atoms with Crippen LogP contribution < -0.4 is 4.74 Å². The van der Waals surface area contributed by atoms with Crippen molar-refractivity contribution in [1.82, 2.24) is 19.7 Å². The number of aromatic nitrogens is 3. The number of ether oxygens (including phenoxy) is 1. The van der Waals surface area contributed by atoms with Crippen molar-refractivity contribution in [2.24, 2.45) is 0 Å². The SMILES string of the molecule is CCn1c(SCC(=O)N(C(C)C)C2CCCCC2)nnc1-c1ccc(OC)cc1. The summed E-state index contributed by atoms with van der Waals surface area (Å²) < 4.78 is 7.30. The molecule has 1 fully saturated rings. The second-order valence-corrected chi connectivity index (χ2v) is 8.70. The Bertz CT molecular complexity index is 798. The van der Waals surface area contributed by atoms with Crippen molar-refractivity contribution in [2.45, 2.75) is 76.7 Å². The molecule has 0 saturated heterocycles. The Morgan fingerprint density at radius 1 is 1.21 bits per heavy atom. The second-order valence-electron chi connectivity index (χ2n) is 7.75. The smallest absolute Gasteiger partial charge is 0.233 e. The number of hydrogen-bond acceptors (Lipinski definition) is 5. The van der Waals surface area contributed by atoms with Crippen molar-refractivity contribution in [3.8, 4) is 17.1 Å². The van der Waals surface area contributed by atoms with E-state index in [0.717, 1.165) is 41.7 Å². The maximum atomic E-state index is 13.0. The highest BCUT2D eigenvalue weighted by atomic mass is 32.2. The third-order valence-electron chi connectivity index (χ3n) is 5.52. The van der Waals surface area contributed by atoms with Crippen LogP contribution in [0.5, 0.6) is 5.75 Å². The Morgan fingerprint density at radius 3 is 2.48 bits per heavy atom. The molecule has 1 amide bonds. The van der Waals surface area contributed by atoms with Gasteiger partial charge in [-0.05, 0) is 57.9 Å². The van der Waals surface area contributed by atoms with Crippen molar-refractivity contribution in [2.75, 3.05) is 12.9 Å². The molecule has 0 bridgehead atoms. The highest BCUT2D eigenvalue weighted by Gasteiger charge is 2.28. The van der Waals surface area contributed by atoms with Crippen LogP contribution in [-0.2, 0) is 11.3 Å². The lowest BCUT2D eigenvalue weighted by Crippen LogP contribution is -2.46. The molecule has 1 aliphatic carbocycles. The van der Waals surface area contributed by atoms with Crippen LogP contribution in [0, 0.1) is 0 Å². The van der Waals surface area contributed by atoms with Gasteiger partial charge >= 0.3 is 0 Å². The normalized spacial score (nSPS) is 14.9. The lowest BCUT2D eigenvalue weighted by atomic mass is 9.93. The number of carbonyl (C=O) groups is 1. The predicted octanol–water partition coefficient (Wildman–Crippen LogP) is 4.64. The maximum absolute atomic E-state index is 13.0. The first-order valence-electron chi connectivity index (χ1n) is 10.6. The molecule has 1 aromatic carbocycles. The Hall–Kier alpha value is -2.02. The van der Waals surface area contributed by atoms with Crippen LogP contribution >= 0.6 is 11.8 Å². The number of methoxy groups -OCH3 is 1. The van der Waals surface area contributed by atoms with Gasteiger partial charge in [0.25, 0.3) is 0 Å². The summed E-state index contributed by atoms with van der Waals surface area (Å²) in [6.45, 7) is 7.06. The van der Waals surface area contributed by atoms with E-state index in [1.54, 1.807) is 7.11 Å². The second kappa shape index (κ2) is 10.1. The molecule has 1 saturated carbocycles. The van der Waals surface area contributed by atoms with Gasteiger partial charge < -0.3 is 14.2 Å². The van der Waals surface area contributed by atoms with Gasteiger partial charge in [0.1, 0.15) is 5.75 Å². The molecule has 0 atom stereocenters. The summed E-state index contributed by atoms with van der Waals surface area (Å²) in [4.78, 5) is 15.1. The van der Waals surface area contributed by atoms with Gasteiger partial charge in [-0.15, -0.1) is 10.2 Å². The molecule has 1 aliphatic rings. The fourth-order valence-electron chi connectivity index (χ4n) is 4.11. The average Bonchev–Trinajstić information content (AvgIpc) is 3.16. The Morgan fingerprint density at radius 2 is 1.90 bits per heavy atom. The van der Waals surface area contributed by atoms with Gasteiger partial charge in [-0.2, -0.15) is 0 Å². The van der Waals surface area contributed by atoms with E-state index in [2.05, 4.69) is 40.4 Å². The van der Waals surface area contributed by atoms with Crippen LogP contribution in [0.3, 0.4) is 0 Å². The topological polar surface area (TPSA) is 60.2 Å². The molecule has 6 nitrogen and oxygen atoms in total. The number of rotatable bonds is 8. The van der Waals surface area contributed by atoms with E-state index in [0.29, 0.717) is 11.8 Å². The van der Waals surface area contributed by atoms with E-state index in [4.69, 9.17) is 4.74 Å². The van der Waals surface area contributed by atoms with Gasteiger partial charge in [0.15, 0.2) is 11.0 Å². The van der Waals surface area contributed by atoms with E-state index in [9.17, 15) is 4.79 Å². The summed E-state index contributed by atoms with van der Waals surface area (Å²) in [6.07, 6.45) is 6.00. The minimum atomic E-state index is 0.202. The lowest BCUT2D eigenvalue weighted by molar-refractivity contribution is -0.133. The standard InChI is InChI=1S/C22H32N4O2S/c1-5-25-21(17-11-13-19(28-4)14-12-17)23-24-22(25)29-15-20(27)26(16(2)3)18-9-7-6-8-10-18/h11-14,16,18H,5-10,15H2,1-4H3. The minimum Gasteiger partial charge on any atom is -0.497 e. The molecule has 158 valence electrons.